The molecule has 0 saturated heterocycles. The number of rotatable bonds is 4. The number of methoxy groups -OCH3 is 1. The van der Waals surface area contributed by atoms with E-state index < -0.39 is 5.97 Å². The fourth-order valence-electron chi connectivity index (χ4n) is 2.28. The number of carbonyl (C=O) groups is 2. The third kappa shape index (κ3) is 3.09. The zero-order valence-corrected chi connectivity index (χ0v) is 13.0. The number of thiophene rings is 1. The third-order valence-corrected chi connectivity index (χ3v) is 4.28. The summed E-state index contributed by atoms with van der Waals surface area (Å²) in [6, 6.07) is 9.06. The van der Waals surface area contributed by atoms with Gasteiger partial charge in [0, 0.05) is 11.1 Å². The Kier molecular flexibility index (Phi) is 4.12. The summed E-state index contributed by atoms with van der Waals surface area (Å²) in [6.07, 6.45) is 0. The minimum Gasteiger partial charge on any atom is -0.464 e. The quantitative estimate of drug-likeness (QED) is 0.746. The fraction of sp³-hybridized carbons (Fsp3) is 0.125. The molecule has 0 unspecified atom stereocenters. The molecule has 3 aromatic rings. The van der Waals surface area contributed by atoms with Crippen LogP contribution in [0.25, 0.3) is 10.2 Å². The number of fused-ring (bicyclic) bond motifs is 1. The molecule has 0 saturated carbocycles. The Bertz CT molecular complexity index is 867. The molecule has 2 aromatic heterocycles. The Morgan fingerprint density at radius 1 is 1.26 bits per heavy atom. The number of nitrogens with one attached hydrogen (secondary N) is 1. The molecule has 23 heavy (non-hydrogen) atoms. The molecule has 0 fully saturated rings. The van der Waals surface area contributed by atoms with Crippen molar-refractivity contribution < 1.29 is 18.7 Å². The molecule has 0 aliphatic carbocycles. The SMILES string of the molecule is COC(=O)c1cc2ccsc2n1CC(=O)Nc1ccc(F)cc1. The van der Waals surface area contributed by atoms with Crippen LogP contribution in [0, 0.1) is 5.82 Å². The van der Waals surface area contributed by atoms with Gasteiger partial charge in [-0.25, -0.2) is 9.18 Å². The van der Waals surface area contributed by atoms with Gasteiger partial charge in [-0.2, -0.15) is 0 Å². The summed E-state index contributed by atoms with van der Waals surface area (Å²) in [5.41, 5.74) is 0.814. The average molecular weight is 332 g/mol. The number of ether oxygens (including phenoxy) is 1. The lowest BCUT2D eigenvalue weighted by Gasteiger charge is -2.09. The van der Waals surface area contributed by atoms with Crippen LogP contribution < -0.4 is 5.32 Å². The number of anilines is 1. The van der Waals surface area contributed by atoms with Crippen LogP contribution in [0.1, 0.15) is 10.5 Å². The lowest BCUT2D eigenvalue weighted by Crippen LogP contribution is -2.21. The maximum Gasteiger partial charge on any atom is 0.354 e. The van der Waals surface area contributed by atoms with Gasteiger partial charge in [-0.1, -0.05) is 0 Å². The molecule has 5 nitrogen and oxygen atoms in total. The molecule has 1 N–H and O–H groups in total. The molecule has 0 aliphatic rings. The minimum atomic E-state index is -0.497. The van der Waals surface area contributed by atoms with Gasteiger partial charge in [-0.05, 0) is 41.8 Å². The predicted molar refractivity (Wildman–Crippen MR) is 86.2 cm³/mol. The van der Waals surface area contributed by atoms with E-state index in [0.29, 0.717) is 11.4 Å². The van der Waals surface area contributed by atoms with Crippen molar-refractivity contribution in [2.24, 2.45) is 0 Å². The first-order valence-electron chi connectivity index (χ1n) is 6.79. The molecule has 1 amide bonds. The first-order valence-corrected chi connectivity index (χ1v) is 7.67. The van der Waals surface area contributed by atoms with E-state index in [4.69, 9.17) is 4.74 Å². The van der Waals surface area contributed by atoms with Crippen molar-refractivity contribution in [1.29, 1.82) is 0 Å². The second-order valence-corrected chi connectivity index (χ2v) is 5.74. The Labute approximate surface area is 135 Å². The zero-order chi connectivity index (χ0) is 16.4. The van der Waals surface area contributed by atoms with Gasteiger partial charge in [0.1, 0.15) is 22.9 Å². The second-order valence-electron chi connectivity index (χ2n) is 4.84. The number of nitrogens with zero attached hydrogens (tertiary/aromatic N) is 1. The van der Waals surface area contributed by atoms with E-state index in [1.807, 2.05) is 11.4 Å². The van der Waals surface area contributed by atoms with E-state index in [-0.39, 0.29) is 18.3 Å². The summed E-state index contributed by atoms with van der Waals surface area (Å²) in [5.74, 6) is -1.18. The highest BCUT2D eigenvalue weighted by molar-refractivity contribution is 7.16. The van der Waals surface area contributed by atoms with Crippen LogP contribution >= 0.6 is 11.3 Å². The molecular formula is C16H13FN2O3S. The number of aromatic nitrogens is 1. The number of amides is 1. The van der Waals surface area contributed by atoms with E-state index in [1.165, 1.54) is 42.7 Å². The predicted octanol–water partition coefficient (Wildman–Crippen LogP) is 3.27. The van der Waals surface area contributed by atoms with Crippen LogP contribution in [0.4, 0.5) is 10.1 Å². The summed E-state index contributed by atoms with van der Waals surface area (Å²) in [6.45, 7) is -0.0359. The van der Waals surface area contributed by atoms with Gasteiger partial charge in [0.05, 0.1) is 7.11 Å². The molecule has 0 radical (unpaired) electrons. The average Bonchev–Trinajstić information content (AvgIpc) is 3.11. The summed E-state index contributed by atoms with van der Waals surface area (Å²) < 4.78 is 19.3. The van der Waals surface area contributed by atoms with Crippen LogP contribution in [0.3, 0.4) is 0 Å². The van der Waals surface area contributed by atoms with Crippen LogP contribution in [0.15, 0.2) is 41.8 Å². The molecule has 1 aromatic carbocycles. The molecule has 0 spiro atoms. The standard InChI is InChI=1S/C16H13FN2O3S/c1-22-16(21)13-8-10-6-7-23-15(10)19(13)9-14(20)18-12-4-2-11(17)3-5-12/h2-8H,9H2,1H3,(H,18,20). The summed E-state index contributed by atoms with van der Waals surface area (Å²) in [7, 11) is 1.30. The van der Waals surface area contributed by atoms with Crippen molar-refractivity contribution in [2.75, 3.05) is 12.4 Å². The van der Waals surface area contributed by atoms with Gasteiger partial charge in [-0.3, -0.25) is 4.79 Å². The van der Waals surface area contributed by atoms with Crippen molar-refractivity contribution in [3.05, 3.63) is 53.3 Å². The van der Waals surface area contributed by atoms with E-state index in [0.717, 1.165) is 10.2 Å². The number of benzene rings is 1. The van der Waals surface area contributed by atoms with E-state index in [9.17, 15) is 14.0 Å². The van der Waals surface area contributed by atoms with Crippen LogP contribution in [0.2, 0.25) is 0 Å². The Hall–Kier alpha value is -2.67. The van der Waals surface area contributed by atoms with Crippen LogP contribution in [-0.2, 0) is 16.1 Å². The molecule has 118 valence electrons. The van der Waals surface area contributed by atoms with Crippen molar-refractivity contribution in [3.63, 3.8) is 0 Å². The van der Waals surface area contributed by atoms with Crippen molar-refractivity contribution >= 4 is 39.1 Å². The van der Waals surface area contributed by atoms with Crippen LogP contribution in [0.5, 0.6) is 0 Å². The second kappa shape index (κ2) is 6.21. The number of hydrogen-bond donors (Lipinski definition) is 1. The number of esters is 1. The molecular weight excluding hydrogens is 319 g/mol. The lowest BCUT2D eigenvalue weighted by atomic mass is 10.3. The first kappa shape index (κ1) is 15.2. The summed E-state index contributed by atoms with van der Waals surface area (Å²) in [5, 5.41) is 5.44. The number of hydrogen-bond acceptors (Lipinski definition) is 4. The van der Waals surface area contributed by atoms with Gasteiger partial charge in [0.2, 0.25) is 5.91 Å². The monoisotopic (exact) mass is 332 g/mol. The molecule has 7 heteroatoms. The van der Waals surface area contributed by atoms with Crippen molar-refractivity contribution in [3.8, 4) is 0 Å². The fourth-order valence-corrected chi connectivity index (χ4v) is 3.18. The Morgan fingerprint density at radius 3 is 2.70 bits per heavy atom. The van der Waals surface area contributed by atoms with Gasteiger partial charge in [0.25, 0.3) is 0 Å². The molecule has 0 bridgehead atoms. The summed E-state index contributed by atoms with van der Waals surface area (Å²) in [4.78, 5) is 24.9. The molecule has 0 atom stereocenters. The minimum absolute atomic E-state index is 0.0359. The van der Waals surface area contributed by atoms with Gasteiger partial charge < -0.3 is 14.6 Å². The topological polar surface area (TPSA) is 60.3 Å². The van der Waals surface area contributed by atoms with E-state index >= 15 is 0 Å². The van der Waals surface area contributed by atoms with Crippen molar-refractivity contribution in [1.82, 2.24) is 4.57 Å². The normalized spacial score (nSPS) is 10.7. The highest BCUT2D eigenvalue weighted by Gasteiger charge is 2.19. The van der Waals surface area contributed by atoms with Crippen LogP contribution in [-0.4, -0.2) is 23.6 Å². The lowest BCUT2D eigenvalue weighted by molar-refractivity contribution is -0.116. The maximum atomic E-state index is 12.9. The highest BCUT2D eigenvalue weighted by Crippen LogP contribution is 2.26. The largest absolute Gasteiger partial charge is 0.464 e. The van der Waals surface area contributed by atoms with E-state index in [1.54, 1.807) is 10.6 Å². The highest BCUT2D eigenvalue weighted by atomic mass is 32.1. The van der Waals surface area contributed by atoms with Gasteiger partial charge in [-0.15, -0.1) is 11.3 Å². The maximum absolute atomic E-state index is 12.9. The first-order chi connectivity index (χ1) is 11.1. The van der Waals surface area contributed by atoms with Crippen molar-refractivity contribution in [2.45, 2.75) is 6.54 Å². The van der Waals surface area contributed by atoms with Gasteiger partial charge >= 0.3 is 5.97 Å². The smallest absolute Gasteiger partial charge is 0.354 e. The number of carbonyl (C=O) groups excluding carboxylic acids is 2. The number of halogens is 1. The zero-order valence-electron chi connectivity index (χ0n) is 12.2. The molecule has 0 aliphatic heterocycles. The van der Waals surface area contributed by atoms with E-state index in [2.05, 4.69) is 5.32 Å². The Balaban J connectivity index is 1.85. The van der Waals surface area contributed by atoms with Gasteiger partial charge in [0.15, 0.2) is 0 Å². The molecule has 3 rings (SSSR count). The molecule has 2 heterocycles. The third-order valence-electron chi connectivity index (χ3n) is 3.33. The summed E-state index contributed by atoms with van der Waals surface area (Å²) >= 11 is 1.44. The Morgan fingerprint density at radius 2 is 2.00 bits per heavy atom.